The number of aromatic amines is 1. The van der Waals surface area contributed by atoms with Crippen molar-refractivity contribution in [2.24, 2.45) is 11.5 Å². The molecule has 6 atom stereocenters. The number of H-pyrrole nitrogens is 1. The fourth-order valence-electron chi connectivity index (χ4n) is 7.01. The summed E-state index contributed by atoms with van der Waals surface area (Å²) in [7, 11) is 0. The zero-order valence-corrected chi connectivity index (χ0v) is 38.0. The molecule has 0 radical (unpaired) electrons. The van der Waals surface area contributed by atoms with Crippen LogP contribution in [0.1, 0.15) is 154 Å². The molecule has 1 aromatic rings. The molecular weight excluding hydrogens is 831 g/mol. The number of nitrogens with one attached hydrogen (secondary N) is 6. The van der Waals surface area contributed by atoms with E-state index in [4.69, 9.17) is 11.5 Å². The molecule has 20 nitrogen and oxygen atoms in total. The number of unbranched alkanes of at least 4 members (excludes halogenated alkanes) is 13. The molecule has 13 N–H and O–H groups in total. The predicted octanol–water partition coefficient (Wildman–Crippen LogP) is 1.67. The molecule has 0 saturated carbocycles. The van der Waals surface area contributed by atoms with Gasteiger partial charge in [0.05, 0.1) is 37.6 Å². The van der Waals surface area contributed by atoms with Crippen LogP contribution in [0.3, 0.4) is 0 Å². The first-order chi connectivity index (χ1) is 30.5. The normalized spacial score (nSPS) is 14.1. The van der Waals surface area contributed by atoms with E-state index in [0.29, 0.717) is 25.0 Å². The molecule has 0 spiro atoms. The Kier molecular flexibility index (Phi) is 30.9. The van der Waals surface area contributed by atoms with E-state index in [1.807, 2.05) is 0 Å². The first-order valence-electron chi connectivity index (χ1n) is 23.1. The molecule has 0 aromatic carbocycles. The highest BCUT2D eigenvalue weighted by molar-refractivity contribution is 5.90. The smallest absolute Gasteiger partial charge is 0.326 e. The van der Waals surface area contributed by atoms with Gasteiger partial charge in [0.2, 0.25) is 23.6 Å². The fourth-order valence-corrected chi connectivity index (χ4v) is 7.01. The Hall–Kier alpha value is -4.79. The van der Waals surface area contributed by atoms with Gasteiger partial charge in [-0.1, -0.05) is 84.0 Å². The van der Waals surface area contributed by atoms with Crippen molar-refractivity contribution in [1.29, 1.82) is 0 Å². The Morgan fingerprint density at radius 2 is 1.17 bits per heavy atom. The van der Waals surface area contributed by atoms with Gasteiger partial charge in [0.25, 0.3) is 0 Å². The lowest BCUT2D eigenvalue weighted by Crippen LogP contribution is -2.53. The zero-order chi connectivity index (χ0) is 47.7. The second-order valence-electron chi connectivity index (χ2n) is 16.6. The Morgan fingerprint density at radius 3 is 1.67 bits per heavy atom. The van der Waals surface area contributed by atoms with Crippen LogP contribution in [0, 0.1) is 0 Å². The lowest BCUT2D eigenvalue weighted by Gasteiger charge is -2.22. The van der Waals surface area contributed by atoms with Gasteiger partial charge < -0.3 is 53.0 Å². The summed E-state index contributed by atoms with van der Waals surface area (Å²) in [5.74, 6) is -5.95. The lowest BCUT2D eigenvalue weighted by molar-refractivity contribution is -0.143. The predicted molar refractivity (Wildman–Crippen MR) is 240 cm³/mol. The Morgan fingerprint density at radius 1 is 0.656 bits per heavy atom. The minimum Gasteiger partial charge on any atom is -0.480 e. The van der Waals surface area contributed by atoms with Crippen LogP contribution in [0.2, 0.25) is 0 Å². The molecule has 0 fully saturated rings. The third-order valence-electron chi connectivity index (χ3n) is 10.9. The van der Waals surface area contributed by atoms with Gasteiger partial charge in [-0.3, -0.25) is 34.1 Å². The van der Waals surface area contributed by atoms with Crippen molar-refractivity contribution in [3.8, 4) is 0 Å². The molecule has 0 unspecified atom stereocenters. The van der Waals surface area contributed by atoms with Gasteiger partial charge in [-0.15, -0.1) is 0 Å². The van der Waals surface area contributed by atoms with Crippen molar-refractivity contribution in [2.75, 3.05) is 19.6 Å². The molecule has 64 heavy (non-hydrogen) atoms. The number of ketones is 2. The Labute approximate surface area is 377 Å². The number of nitrogens with two attached hydrogens (primary N) is 2. The van der Waals surface area contributed by atoms with Crippen molar-refractivity contribution < 1.29 is 53.7 Å². The summed E-state index contributed by atoms with van der Waals surface area (Å²) in [5.41, 5.74) is 12.0. The number of primary amides is 1. The van der Waals surface area contributed by atoms with Crippen LogP contribution < -0.4 is 38.1 Å². The molecule has 1 rings (SSSR count). The van der Waals surface area contributed by atoms with E-state index in [2.05, 4.69) is 43.5 Å². The number of carbonyl (C=O) groups is 8. The average Bonchev–Trinajstić information content (AvgIpc) is 3.76. The van der Waals surface area contributed by atoms with Crippen molar-refractivity contribution in [3.63, 3.8) is 0 Å². The monoisotopic (exact) mass is 908 g/mol. The number of aromatic nitrogens is 2. The van der Waals surface area contributed by atoms with Crippen molar-refractivity contribution >= 4 is 47.1 Å². The number of carboxylic acid groups (broad SMARTS) is 2. The van der Waals surface area contributed by atoms with Crippen LogP contribution in [-0.2, 0) is 44.8 Å². The topological polar surface area (TPSA) is 338 Å². The maximum absolute atomic E-state index is 13.1. The summed E-state index contributed by atoms with van der Waals surface area (Å²) >= 11 is 0. The third kappa shape index (κ3) is 27.4. The van der Waals surface area contributed by atoms with Crippen LogP contribution in [0.5, 0.6) is 0 Å². The van der Waals surface area contributed by atoms with Crippen LogP contribution >= 0.6 is 0 Å². The van der Waals surface area contributed by atoms with E-state index in [0.717, 1.165) is 19.3 Å². The number of rotatable bonds is 41. The van der Waals surface area contributed by atoms with Crippen LogP contribution in [0.15, 0.2) is 12.5 Å². The van der Waals surface area contributed by atoms with E-state index in [1.165, 1.54) is 71.0 Å². The molecule has 1 heterocycles. The van der Waals surface area contributed by atoms with E-state index in [9.17, 15) is 53.7 Å². The summed E-state index contributed by atoms with van der Waals surface area (Å²) in [6.07, 6.45) is 17.2. The fraction of sp³-hybridized carbons (Fsp3) is 0.750. The van der Waals surface area contributed by atoms with Crippen LogP contribution in [0.25, 0.3) is 0 Å². The summed E-state index contributed by atoms with van der Waals surface area (Å²) < 4.78 is 0. The van der Waals surface area contributed by atoms with Gasteiger partial charge in [-0.05, 0) is 45.4 Å². The number of aliphatic hydroxyl groups is 1. The van der Waals surface area contributed by atoms with Crippen molar-refractivity contribution in [1.82, 2.24) is 36.6 Å². The maximum atomic E-state index is 13.1. The summed E-state index contributed by atoms with van der Waals surface area (Å²) in [6.45, 7) is 3.17. The number of amides is 4. The maximum Gasteiger partial charge on any atom is 0.326 e. The number of imidazole rings is 1. The summed E-state index contributed by atoms with van der Waals surface area (Å²) in [5, 5.41) is 42.1. The third-order valence-corrected chi connectivity index (χ3v) is 10.9. The summed E-state index contributed by atoms with van der Waals surface area (Å²) in [6, 6.07) is -5.64. The molecule has 364 valence electrons. The van der Waals surface area contributed by atoms with Crippen LogP contribution in [-0.4, -0.2) is 128 Å². The number of carbonyl (C=O) groups excluding carboxylic acids is 6. The molecule has 4 amide bonds. The second kappa shape index (κ2) is 34.6. The molecule has 1 aromatic heterocycles. The van der Waals surface area contributed by atoms with Gasteiger partial charge in [0.1, 0.15) is 18.1 Å². The standard InChI is InChI=1S/C44H77N9O11/c1-3-4-5-6-7-8-9-10-11-12-13-14-15-19-39(58)52-35(44(63)64)21-23-40(59)53-34(43(61)62)20-22-38(57)48-24-17-16-18-33(37(56)28-50-41(30(2)54)42(46)60)49-27-36(55)32(45)25-31-26-47-29-51-31/h26,29-30,32-35,41,49-50,54H,3-25,27-28,45H2,1-2H3,(H2,46,60)(H,47,51)(H,48,57)(H,52,58)(H,53,59)(H,61,62)(H,63,64)/t30-,32+,33+,34+,35+,41+/m1/s1. The number of nitrogens with zero attached hydrogens (tertiary/aromatic N) is 1. The molecule has 0 aliphatic heterocycles. The van der Waals surface area contributed by atoms with Gasteiger partial charge in [-0.25, -0.2) is 14.6 Å². The number of aliphatic carboxylic acids is 2. The van der Waals surface area contributed by atoms with Crippen LogP contribution in [0.4, 0.5) is 0 Å². The zero-order valence-electron chi connectivity index (χ0n) is 38.0. The van der Waals surface area contributed by atoms with E-state index in [1.54, 1.807) is 6.20 Å². The molecule has 0 aliphatic carbocycles. The number of hydrogen-bond acceptors (Lipinski definition) is 13. The van der Waals surface area contributed by atoms with Crippen molar-refractivity contribution in [2.45, 2.75) is 191 Å². The number of aliphatic hydroxyl groups excluding tert-OH is 1. The largest absolute Gasteiger partial charge is 0.480 e. The Balaban J connectivity index is 2.46. The molecular formula is C44H77N9O11. The van der Waals surface area contributed by atoms with Crippen molar-refractivity contribution in [3.05, 3.63) is 18.2 Å². The minimum atomic E-state index is -1.42. The van der Waals surface area contributed by atoms with E-state index < -0.39 is 77.7 Å². The number of carboxylic acids is 2. The molecule has 20 heteroatoms. The Bertz CT molecular complexity index is 1540. The highest BCUT2D eigenvalue weighted by Crippen LogP contribution is 2.13. The molecule has 0 aliphatic rings. The number of hydrogen-bond donors (Lipinski definition) is 11. The highest BCUT2D eigenvalue weighted by Gasteiger charge is 2.27. The van der Waals surface area contributed by atoms with Gasteiger partial charge in [0, 0.05) is 44.1 Å². The number of Topliss-reactive ketones (excluding diaryl/α,β-unsaturated/α-hetero) is 2. The average molecular weight is 908 g/mol. The highest BCUT2D eigenvalue weighted by atomic mass is 16.4. The van der Waals surface area contributed by atoms with E-state index >= 15 is 0 Å². The SMILES string of the molecule is CCCCCCCCCCCCCCCC(=O)N[C@@H](CCC(=O)N[C@@H](CCC(=O)NCCCC[C@H](NCC(=O)[C@@H](N)Cc1cnc[nH]1)C(=O)CN[C@H](C(N)=O)[C@@H](C)O)C(=O)O)C(=O)O. The van der Waals surface area contributed by atoms with Gasteiger partial charge >= 0.3 is 11.9 Å². The first kappa shape index (κ1) is 57.2. The lowest BCUT2D eigenvalue weighted by atomic mass is 10.0. The van der Waals surface area contributed by atoms with E-state index in [-0.39, 0.29) is 70.4 Å². The quantitative estimate of drug-likeness (QED) is 0.0417. The summed E-state index contributed by atoms with van der Waals surface area (Å²) in [4.78, 5) is 106. The first-order valence-corrected chi connectivity index (χ1v) is 23.1. The minimum absolute atomic E-state index is 0.170. The molecule has 0 saturated heterocycles. The van der Waals surface area contributed by atoms with Gasteiger partial charge in [-0.2, -0.15) is 0 Å². The van der Waals surface area contributed by atoms with Gasteiger partial charge in [0.15, 0.2) is 11.6 Å². The second-order valence-corrected chi connectivity index (χ2v) is 16.6. The molecule has 0 bridgehead atoms.